The van der Waals surface area contributed by atoms with Crippen molar-refractivity contribution in [2.24, 2.45) is 0 Å². The van der Waals surface area contributed by atoms with Crippen molar-refractivity contribution in [3.05, 3.63) is 0 Å². The van der Waals surface area contributed by atoms with Crippen LogP contribution in [0.5, 0.6) is 0 Å². The molecule has 0 radical (unpaired) electrons. The number of hydrogen-bond acceptors (Lipinski definition) is 4. The van der Waals surface area contributed by atoms with Crippen LogP contribution in [-0.2, 0) is 0 Å². The summed E-state index contributed by atoms with van der Waals surface area (Å²) in [5, 5.41) is 4.21. The lowest BCUT2D eigenvalue weighted by Gasteiger charge is -2.36. The van der Waals surface area contributed by atoms with E-state index in [2.05, 4.69) is 33.7 Å². The first-order chi connectivity index (χ1) is 5.97. The summed E-state index contributed by atoms with van der Waals surface area (Å²) in [6.07, 6.45) is 0. The van der Waals surface area contributed by atoms with Crippen LogP contribution in [-0.4, -0.2) is 53.7 Å². The third-order valence-corrected chi connectivity index (χ3v) is 5.16. The molecule has 0 amide bonds. The maximum Gasteiger partial charge on any atom is 0.0650 e. The minimum Gasteiger partial charge on any atom is -0.314 e. The monoisotopic (exact) mass is 204 g/mol. The lowest BCUT2D eigenvalue weighted by Crippen LogP contribution is -2.48. The van der Waals surface area contributed by atoms with Crippen LogP contribution >= 0.6 is 23.5 Å². The molecule has 2 nitrogen and oxygen atoms in total. The van der Waals surface area contributed by atoms with E-state index in [0.29, 0.717) is 0 Å². The van der Waals surface area contributed by atoms with Gasteiger partial charge in [0.25, 0.3) is 0 Å². The molecule has 70 valence electrons. The highest BCUT2D eigenvalue weighted by atomic mass is 32.2. The quantitative estimate of drug-likeness (QED) is 0.676. The molecule has 1 atom stereocenters. The van der Waals surface area contributed by atoms with Crippen molar-refractivity contribution in [3.63, 3.8) is 0 Å². The van der Waals surface area contributed by atoms with Crippen LogP contribution in [0.15, 0.2) is 0 Å². The summed E-state index contributed by atoms with van der Waals surface area (Å²) in [4.78, 5) is 2.63. The molecule has 0 aromatic carbocycles. The molecular weight excluding hydrogens is 188 g/mol. The van der Waals surface area contributed by atoms with Crippen molar-refractivity contribution in [1.29, 1.82) is 0 Å². The minimum absolute atomic E-state index is 0.811. The number of piperazine rings is 1. The van der Waals surface area contributed by atoms with Gasteiger partial charge in [-0.1, -0.05) is 0 Å². The second kappa shape index (κ2) is 4.74. The van der Waals surface area contributed by atoms with Gasteiger partial charge in [0, 0.05) is 43.4 Å². The van der Waals surface area contributed by atoms with E-state index in [0.717, 1.165) is 5.37 Å². The lowest BCUT2D eigenvalue weighted by molar-refractivity contribution is 0.236. The maximum absolute atomic E-state index is 3.40. The highest BCUT2D eigenvalue weighted by Gasteiger charge is 2.22. The Bertz CT molecular complexity index is 115. The molecule has 0 saturated carbocycles. The van der Waals surface area contributed by atoms with Crippen LogP contribution in [0.4, 0.5) is 0 Å². The Hall–Kier alpha value is 0.620. The van der Waals surface area contributed by atoms with Gasteiger partial charge in [-0.2, -0.15) is 11.8 Å². The zero-order valence-corrected chi connectivity index (χ0v) is 8.92. The summed E-state index contributed by atoms with van der Waals surface area (Å²) in [5.41, 5.74) is 0. The number of nitrogens with zero attached hydrogens (tertiary/aromatic N) is 1. The van der Waals surface area contributed by atoms with Gasteiger partial charge in [0.05, 0.1) is 5.37 Å². The molecule has 4 heteroatoms. The molecule has 2 rings (SSSR count). The molecule has 2 aliphatic rings. The van der Waals surface area contributed by atoms with Crippen molar-refractivity contribution in [1.82, 2.24) is 10.2 Å². The molecule has 0 spiro atoms. The molecular formula is C8H16N2S2. The third kappa shape index (κ3) is 2.31. The van der Waals surface area contributed by atoms with Gasteiger partial charge in [0.2, 0.25) is 0 Å². The first kappa shape index (κ1) is 9.19. The topological polar surface area (TPSA) is 15.3 Å². The number of hydrogen-bond donors (Lipinski definition) is 1. The first-order valence-electron chi connectivity index (χ1n) is 4.61. The summed E-state index contributed by atoms with van der Waals surface area (Å²) >= 11 is 4.26. The van der Waals surface area contributed by atoms with E-state index < -0.39 is 0 Å². The minimum atomic E-state index is 0.811. The van der Waals surface area contributed by atoms with E-state index in [1.807, 2.05) is 0 Å². The fourth-order valence-electron chi connectivity index (χ4n) is 1.66. The van der Waals surface area contributed by atoms with E-state index in [9.17, 15) is 0 Å². The molecule has 1 N–H and O–H groups in total. The van der Waals surface area contributed by atoms with Gasteiger partial charge in [-0.05, 0) is 0 Å². The Kier molecular flexibility index (Phi) is 3.63. The van der Waals surface area contributed by atoms with Gasteiger partial charge < -0.3 is 5.32 Å². The van der Waals surface area contributed by atoms with Crippen LogP contribution in [0.25, 0.3) is 0 Å². The van der Waals surface area contributed by atoms with Crippen LogP contribution in [0.1, 0.15) is 0 Å². The molecule has 2 aliphatic heterocycles. The molecule has 2 fully saturated rings. The van der Waals surface area contributed by atoms with Gasteiger partial charge >= 0.3 is 0 Å². The zero-order chi connectivity index (χ0) is 8.23. The second-order valence-corrected chi connectivity index (χ2v) is 5.62. The lowest BCUT2D eigenvalue weighted by atomic mass is 10.4. The van der Waals surface area contributed by atoms with Crippen molar-refractivity contribution < 1.29 is 0 Å². The van der Waals surface area contributed by atoms with Crippen LogP contribution in [0.2, 0.25) is 0 Å². The van der Waals surface area contributed by atoms with Crippen molar-refractivity contribution in [2.75, 3.05) is 43.4 Å². The number of rotatable bonds is 1. The van der Waals surface area contributed by atoms with Gasteiger partial charge in [-0.15, -0.1) is 11.8 Å². The SMILES string of the molecule is C1CN(C2CSCCS2)CCN1. The summed E-state index contributed by atoms with van der Waals surface area (Å²) in [7, 11) is 0. The first-order valence-corrected chi connectivity index (χ1v) is 6.81. The van der Waals surface area contributed by atoms with E-state index in [1.54, 1.807) is 0 Å². The van der Waals surface area contributed by atoms with Gasteiger partial charge in [0.1, 0.15) is 0 Å². The summed E-state index contributed by atoms with van der Waals surface area (Å²) < 4.78 is 0. The molecule has 2 heterocycles. The van der Waals surface area contributed by atoms with Crippen molar-refractivity contribution in [2.45, 2.75) is 5.37 Å². The predicted molar refractivity (Wildman–Crippen MR) is 58.0 cm³/mol. The fraction of sp³-hybridized carbons (Fsp3) is 1.00. The molecule has 1 unspecified atom stereocenters. The van der Waals surface area contributed by atoms with E-state index in [-0.39, 0.29) is 0 Å². The Morgan fingerprint density at radius 3 is 2.67 bits per heavy atom. The summed E-state index contributed by atoms with van der Waals surface area (Å²) in [5.74, 6) is 4.04. The average molecular weight is 204 g/mol. The summed E-state index contributed by atoms with van der Waals surface area (Å²) in [6, 6.07) is 0. The molecule has 0 aromatic heterocycles. The highest BCUT2D eigenvalue weighted by molar-refractivity contribution is 8.06. The van der Waals surface area contributed by atoms with E-state index >= 15 is 0 Å². The second-order valence-electron chi connectivity index (χ2n) is 3.19. The third-order valence-electron chi connectivity index (χ3n) is 2.36. The number of nitrogens with one attached hydrogen (secondary N) is 1. The highest BCUT2D eigenvalue weighted by Crippen LogP contribution is 2.26. The zero-order valence-electron chi connectivity index (χ0n) is 7.29. The molecule has 12 heavy (non-hydrogen) atoms. The Labute approximate surface area is 82.8 Å². The van der Waals surface area contributed by atoms with E-state index in [4.69, 9.17) is 0 Å². The normalized spacial score (nSPS) is 33.5. The van der Waals surface area contributed by atoms with Crippen LogP contribution < -0.4 is 5.32 Å². The Morgan fingerprint density at radius 1 is 1.17 bits per heavy atom. The molecule has 0 bridgehead atoms. The number of thioether (sulfide) groups is 2. The summed E-state index contributed by atoms with van der Waals surface area (Å²) in [6.45, 7) is 4.86. The predicted octanol–water partition coefficient (Wildman–Crippen LogP) is 0.698. The molecule has 0 aromatic rings. The van der Waals surface area contributed by atoms with Crippen molar-refractivity contribution >= 4 is 23.5 Å². The Balaban J connectivity index is 1.80. The van der Waals surface area contributed by atoms with Gasteiger partial charge in [-0.3, -0.25) is 4.90 Å². The maximum atomic E-state index is 3.40. The van der Waals surface area contributed by atoms with E-state index in [1.165, 1.54) is 43.4 Å². The molecule has 2 saturated heterocycles. The van der Waals surface area contributed by atoms with Crippen LogP contribution in [0.3, 0.4) is 0 Å². The van der Waals surface area contributed by atoms with Crippen molar-refractivity contribution in [3.8, 4) is 0 Å². The van der Waals surface area contributed by atoms with Crippen LogP contribution in [0, 0.1) is 0 Å². The fourth-order valence-corrected chi connectivity index (χ4v) is 4.46. The smallest absolute Gasteiger partial charge is 0.0650 e. The van der Waals surface area contributed by atoms with Gasteiger partial charge in [0.15, 0.2) is 0 Å². The Morgan fingerprint density at radius 2 is 2.00 bits per heavy atom. The largest absolute Gasteiger partial charge is 0.314 e. The van der Waals surface area contributed by atoms with Gasteiger partial charge in [-0.25, -0.2) is 0 Å². The average Bonchev–Trinajstić information content (AvgIpc) is 2.21. The standard InChI is InChI=1S/C8H16N2S2/c1-3-10(4-2-9-1)8-7-11-5-6-12-8/h8-9H,1-7H2. The molecule has 0 aliphatic carbocycles.